The average Bonchev–Trinajstić information content (AvgIpc) is 2.65. The van der Waals surface area contributed by atoms with Crippen LogP contribution in [0.3, 0.4) is 0 Å². The molecule has 18 heavy (non-hydrogen) atoms. The maximum Gasteiger partial charge on any atom is 0.144 e. The molecule has 1 N–H and O–H groups in total. The normalized spacial score (nSPS) is 21.6. The first-order valence-corrected chi connectivity index (χ1v) is 7.03. The van der Waals surface area contributed by atoms with E-state index in [9.17, 15) is 0 Å². The van der Waals surface area contributed by atoms with E-state index in [0.29, 0.717) is 0 Å². The van der Waals surface area contributed by atoms with Crippen LogP contribution in [0.2, 0.25) is 0 Å². The number of nitrogens with zero attached hydrogens (tertiary/aromatic N) is 3. The fourth-order valence-electron chi connectivity index (χ4n) is 2.59. The molecule has 1 fully saturated rings. The van der Waals surface area contributed by atoms with Gasteiger partial charge in [0, 0.05) is 13.6 Å². The quantitative estimate of drug-likeness (QED) is 0.889. The maximum absolute atomic E-state index is 4.45. The lowest BCUT2D eigenvalue weighted by Crippen LogP contribution is -2.24. The van der Waals surface area contributed by atoms with Gasteiger partial charge in [-0.3, -0.25) is 9.88 Å². The number of hydrogen-bond acceptors (Lipinski definition) is 4. The van der Waals surface area contributed by atoms with Gasteiger partial charge in [0.15, 0.2) is 0 Å². The molecule has 2 rings (SSSR count). The molecule has 1 saturated heterocycles. The van der Waals surface area contributed by atoms with Crippen LogP contribution in [0.25, 0.3) is 0 Å². The van der Waals surface area contributed by atoms with Crippen LogP contribution in [-0.2, 0) is 6.54 Å². The summed E-state index contributed by atoms with van der Waals surface area (Å²) >= 11 is 0. The molecular weight excluding hydrogens is 224 g/mol. The predicted molar refractivity (Wildman–Crippen MR) is 74.5 cm³/mol. The Hall–Kier alpha value is -1.16. The van der Waals surface area contributed by atoms with Gasteiger partial charge in [0.2, 0.25) is 0 Å². The summed E-state index contributed by atoms with van der Waals surface area (Å²) in [7, 11) is 1.86. The van der Waals surface area contributed by atoms with Crippen molar-refractivity contribution >= 4 is 5.82 Å². The first-order valence-electron chi connectivity index (χ1n) is 7.03. The van der Waals surface area contributed by atoms with Crippen molar-refractivity contribution in [1.82, 2.24) is 14.9 Å². The van der Waals surface area contributed by atoms with Crippen LogP contribution in [0.1, 0.15) is 38.3 Å². The van der Waals surface area contributed by atoms with Crippen molar-refractivity contribution < 1.29 is 0 Å². The largest absolute Gasteiger partial charge is 0.372 e. The lowest BCUT2D eigenvalue weighted by atomic mass is 9.98. The molecule has 0 aromatic carbocycles. The predicted octanol–water partition coefficient (Wildman–Crippen LogP) is 2.53. The Morgan fingerprint density at radius 1 is 1.28 bits per heavy atom. The zero-order valence-electron chi connectivity index (χ0n) is 11.5. The summed E-state index contributed by atoms with van der Waals surface area (Å²) in [6, 6.07) is 0. The van der Waals surface area contributed by atoms with E-state index in [-0.39, 0.29) is 0 Å². The second-order valence-electron chi connectivity index (χ2n) is 5.12. The minimum Gasteiger partial charge on any atom is -0.372 e. The molecule has 0 bridgehead atoms. The van der Waals surface area contributed by atoms with Crippen LogP contribution in [0, 0.1) is 5.92 Å². The van der Waals surface area contributed by atoms with Gasteiger partial charge in [0.05, 0.1) is 18.1 Å². The summed E-state index contributed by atoms with van der Waals surface area (Å²) in [5, 5.41) is 2.99. The smallest absolute Gasteiger partial charge is 0.144 e. The van der Waals surface area contributed by atoms with Gasteiger partial charge in [-0.2, -0.15) is 0 Å². The maximum atomic E-state index is 4.45. The molecule has 0 amide bonds. The number of likely N-dealkylation sites (tertiary alicyclic amines) is 1. The van der Waals surface area contributed by atoms with E-state index in [1.54, 1.807) is 0 Å². The number of anilines is 1. The lowest BCUT2D eigenvalue weighted by molar-refractivity contribution is 0.268. The van der Waals surface area contributed by atoms with E-state index in [4.69, 9.17) is 0 Å². The Bertz CT molecular complexity index is 349. The van der Waals surface area contributed by atoms with E-state index in [1.165, 1.54) is 38.8 Å². The fourth-order valence-corrected chi connectivity index (χ4v) is 2.59. The summed E-state index contributed by atoms with van der Waals surface area (Å²) in [5.41, 5.74) is 1.07. The van der Waals surface area contributed by atoms with Gasteiger partial charge in [-0.15, -0.1) is 0 Å². The van der Waals surface area contributed by atoms with Crippen molar-refractivity contribution in [2.24, 2.45) is 5.92 Å². The summed E-state index contributed by atoms with van der Waals surface area (Å²) in [6.45, 7) is 5.65. The molecule has 1 aromatic heterocycles. The molecular formula is C14H24N4. The molecule has 0 aliphatic carbocycles. The van der Waals surface area contributed by atoms with Crippen molar-refractivity contribution in [3.05, 3.63) is 18.1 Å². The van der Waals surface area contributed by atoms with E-state index < -0.39 is 0 Å². The van der Waals surface area contributed by atoms with Crippen LogP contribution in [-0.4, -0.2) is 35.0 Å². The summed E-state index contributed by atoms with van der Waals surface area (Å²) in [4.78, 5) is 11.3. The standard InChI is InChI=1S/C14H24N4/c1-3-12-5-4-7-18(8-6-12)11-13-9-17-14(15-2)10-16-13/h9-10,12H,3-8,11H2,1-2H3,(H,15,17). The molecule has 1 aromatic rings. The van der Waals surface area contributed by atoms with Gasteiger partial charge in [-0.25, -0.2) is 4.98 Å². The zero-order chi connectivity index (χ0) is 12.8. The molecule has 1 atom stereocenters. The highest BCUT2D eigenvalue weighted by atomic mass is 15.1. The molecule has 0 spiro atoms. The molecule has 2 heterocycles. The molecule has 4 nitrogen and oxygen atoms in total. The Kier molecular flexibility index (Phi) is 4.93. The molecule has 4 heteroatoms. The Balaban J connectivity index is 1.88. The Labute approximate surface area is 110 Å². The zero-order valence-corrected chi connectivity index (χ0v) is 11.5. The van der Waals surface area contributed by atoms with Gasteiger partial charge in [-0.1, -0.05) is 13.3 Å². The van der Waals surface area contributed by atoms with Crippen molar-refractivity contribution in [2.75, 3.05) is 25.5 Å². The minimum absolute atomic E-state index is 0.834. The van der Waals surface area contributed by atoms with Crippen molar-refractivity contribution in [1.29, 1.82) is 0 Å². The van der Waals surface area contributed by atoms with Crippen LogP contribution < -0.4 is 5.32 Å². The van der Waals surface area contributed by atoms with E-state index >= 15 is 0 Å². The molecule has 0 saturated carbocycles. The van der Waals surface area contributed by atoms with E-state index in [1.807, 2.05) is 19.4 Å². The topological polar surface area (TPSA) is 41.1 Å². The summed E-state index contributed by atoms with van der Waals surface area (Å²) in [5.74, 6) is 1.76. The van der Waals surface area contributed by atoms with Crippen LogP contribution >= 0.6 is 0 Å². The molecule has 100 valence electrons. The lowest BCUT2D eigenvalue weighted by Gasteiger charge is -2.19. The highest BCUT2D eigenvalue weighted by molar-refractivity contribution is 5.29. The number of rotatable bonds is 4. The SMILES string of the molecule is CCC1CCCN(Cc2cnc(NC)cn2)CC1. The van der Waals surface area contributed by atoms with Gasteiger partial charge in [0.25, 0.3) is 0 Å². The molecule has 0 radical (unpaired) electrons. The van der Waals surface area contributed by atoms with Gasteiger partial charge in [-0.05, 0) is 38.3 Å². The van der Waals surface area contributed by atoms with Gasteiger partial charge < -0.3 is 5.32 Å². The fraction of sp³-hybridized carbons (Fsp3) is 0.714. The van der Waals surface area contributed by atoms with Crippen molar-refractivity contribution in [3.63, 3.8) is 0 Å². The monoisotopic (exact) mass is 248 g/mol. The van der Waals surface area contributed by atoms with Crippen LogP contribution in [0.5, 0.6) is 0 Å². The van der Waals surface area contributed by atoms with Crippen LogP contribution in [0.4, 0.5) is 5.82 Å². The number of hydrogen-bond donors (Lipinski definition) is 1. The number of nitrogens with one attached hydrogen (secondary N) is 1. The third-order valence-electron chi connectivity index (χ3n) is 3.86. The Morgan fingerprint density at radius 3 is 2.83 bits per heavy atom. The van der Waals surface area contributed by atoms with Crippen molar-refractivity contribution in [2.45, 2.75) is 39.2 Å². The number of aromatic nitrogens is 2. The third-order valence-corrected chi connectivity index (χ3v) is 3.86. The molecule has 1 unspecified atom stereocenters. The summed E-state index contributed by atoms with van der Waals surface area (Å²) < 4.78 is 0. The van der Waals surface area contributed by atoms with E-state index in [0.717, 1.165) is 24.0 Å². The highest BCUT2D eigenvalue weighted by Gasteiger charge is 2.16. The highest BCUT2D eigenvalue weighted by Crippen LogP contribution is 2.20. The average molecular weight is 248 g/mol. The molecule has 1 aliphatic heterocycles. The second kappa shape index (κ2) is 6.69. The van der Waals surface area contributed by atoms with E-state index in [2.05, 4.69) is 27.1 Å². The van der Waals surface area contributed by atoms with Gasteiger partial charge >= 0.3 is 0 Å². The summed E-state index contributed by atoms with van der Waals surface area (Å²) in [6.07, 6.45) is 9.05. The van der Waals surface area contributed by atoms with Crippen LogP contribution in [0.15, 0.2) is 12.4 Å². The first kappa shape index (κ1) is 13.3. The Morgan fingerprint density at radius 2 is 2.17 bits per heavy atom. The third kappa shape index (κ3) is 3.67. The van der Waals surface area contributed by atoms with Crippen molar-refractivity contribution in [3.8, 4) is 0 Å². The van der Waals surface area contributed by atoms with Gasteiger partial charge in [0.1, 0.15) is 5.82 Å². The minimum atomic E-state index is 0.834. The molecule has 1 aliphatic rings. The first-order chi connectivity index (χ1) is 8.81. The second-order valence-corrected chi connectivity index (χ2v) is 5.12.